The highest BCUT2D eigenvalue weighted by Gasteiger charge is 2.24. The molecule has 1 fully saturated rings. The third-order valence-electron chi connectivity index (χ3n) is 4.72. The second-order valence-electron chi connectivity index (χ2n) is 6.94. The van der Waals surface area contributed by atoms with Crippen LogP contribution in [-0.4, -0.2) is 45.5 Å². The van der Waals surface area contributed by atoms with E-state index in [9.17, 15) is 5.11 Å². The van der Waals surface area contributed by atoms with E-state index in [0.717, 1.165) is 4.70 Å². The van der Waals surface area contributed by atoms with E-state index in [1.54, 1.807) is 30.5 Å². The smallest absolute Gasteiger partial charge is 0.151 e. The molecule has 0 amide bonds. The standard InChI is InChI=1S/C21H17Cl2N7OS/c1-11(30-8-13(31)9-30)4-17(27-10-25)29-20-19-16(2-3-26-20)28-21(32-19)18-14(22)5-12(7-24)6-15(18)23/h2-6,10,13,31H,1,8-9H2,(H2,25,27)(H,26,29)/b17-4+. The largest absolute Gasteiger partial charge is 0.390 e. The summed E-state index contributed by atoms with van der Waals surface area (Å²) in [6.07, 6.45) is 4.18. The molecule has 1 aliphatic rings. The van der Waals surface area contributed by atoms with Gasteiger partial charge in [-0.1, -0.05) is 29.8 Å². The summed E-state index contributed by atoms with van der Waals surface area (Å²) in [5.74, 6) is 0.962. The minimum Gasteiger partial charge on any atom is -0.390 e. The van der Waals surface area contributed by atoms with Crippen LogP contribution in [-0.2, 0) is 0 Å². The van der Waals surface area contributed by atoms with Crippen molar-refractivity contribution < 1.29 is 5.11 Å². The van der Waals surface area contributed by atoms with Crippen LogP contribution >= 0.6 is 34.5 Å². The number of anilines is 1. The number of rotatable bonds is 6. The number of allylic oxidation sites excluding steroid dienone is 1. The van der Waals surface area contributed by atoms with E-state index in [1.807, 2.05) is 11.0 Å². The lowest BCUT2D eigenvalue weighted by Crippen LogP contribution is -2.49. The van der Waals surface area contributed by atoms with Gasteiger partial charge < -0.3 is 21.1 Å². The lowest BCUT2D eigenvalue weighted by molar-refractivity contribution is 0.0274. The summed E-state index contributed by atoms with van der Waals surface area (Å²) in [4.78, 5) is 15.1. The summed E-state index contributed by atoms with van der Waals surface area (Å²) in [6, 6.07) is 6.92. The number of benzene rings is 1. The molecular formula is C21H17Cl2N7OS. The second kappa shape index (κ2) is 9.14. The number of nitrogens with zero attached hydrogens (tertiary/aromatic N) is 5. The number of aromatic nitrogens is 2. The molecule has 0 atom stereocenters. The molecule has 0 aliphatic carbocycles. The number of fused-ring (bicyclic) bond motifs is 1. The Morgan fingerprint density at radius 2 is 2.12 bits per heavy atom. The van der Waals surface area contributed by atoms with Gasteiger partial charge in [0, 0.05) is 36.6 Å². The van der Waals surface area contributed by atoms with Crippen molar-refractivity contribution in [3.05, 3.63) is 64.2 Å². The molecule has 0 saturated carbocycles. The van der Waals surface area contributed by atoms with Gasteiger partial charge in [-0.2, -0.15) is 5.26 Å². The number of hydrogen-bond acceptors (Lipinski definition) is 8. The number of nitrogens with two attached hydrogens (primary N) is 1. The van der Waals surface area contributed by atoms with Crippen molar-refractivity contribution in [2.45, 2.75) is 6.10 Å². The number of halogens is 2. The fourth-order valence-corrected chi connectivity index (χ4v) is 5.00. The van der Waals surface area contributed by atoms with Crippen molar-refractivity contribution in [2.75, 3.05) is 18.4 Å². The first-order chi connectivity index (χ1) is 15.4. The van der Waals surface area contributed by atoms with Gasteiger partial charge in [-0.05, 0) is 18.2 Å². The van der Waals surface area contributed by atoms with Gasteiger partial charge in [0.05, 0.1) is 44.3 Å². The van der Waals surface area contributed by atoms with Crippen LogP contribution in [0.3, 0.4) is 0 Å². The minimum absolute atomic E-state index is 0.344. The Balaban J connectivity index is 1.69. The SMILES string of the molecule is C=C(/C=C(\N=CN)Nc1nccc2nc(-c3c(Cl)cc(C#N)cc3Cl)sc12)N1CC(O)C1. The number of hydrogen-bond donors (Lipinski definition) is 3. The number of likely N-dealkylation sites (tertiary alicyclic amines) is 1. The fraction of sp³-hybridized carbons (Fsp3) is 0.143. The normalized spacial score (nSPS) is 14.6. The summed E-state index contributed by atoms with van der Waals surface area (Å²) in [6.45, 7) is 5.06. The number of nitriles is 1. The molecule has 2 aromatic heterocycles. The average molecular weight is 486 g/mol. The van der Waals surface area contributed by atoms with Crippen LogP contribution in [0, 0.1) is 11.3 Å². The number of pyridine rings is 1. The van der Waals surface area contributed by atoms with Crippen LogP contribution in [0.15, 0.2) is 53.6 Å². The van der Waals surface area contributed by atoms with Gasteiger partial charge in [0.2, 0.25) is 0 Å². The fourth-order valence-electron chi connectivity index (χ4n) is 3.14. The van der Waals surface area contributed by atoms with Crippen molar-refractivity contribution in [2.24, 2.45) is 10.7 Å². The van der Waals surface area contributed by atoms with E-state index < -0.39 is 0 Å². The second-order valence-corrected chi connectivity index (χ2v) is 8.75. The molecule has 8 nitrogen and oxygen atoms in total. The Bertz CT molecular complexity index is 1280. The zero-order chi connectivity index (χ0) is 22.8. The van der Waals surface area contributed by atoms with Gasteiger partial charge in [-0.25, -0.2) is 15.0 Å². The minimum atomic E-state index is -0.346. The maximum atomic E-state index is 9.50. The summed E-state index contributed by atoms with van der Waals surface area (Å²) in [7, 11) is 0. The molecule has 4 rings (SSSR count). The average Bonchev–Trinajstić information content (AvgIpc) is 3.15. The third kappa shape index (κ3) is 4.40. The Hall–Kier alpha value is -3.16. The monoisotopic (exact) mass is 485 g/mol. The van der Waals surface area contributed by atoms with E-state index in [2.05, 4.69) is 26.9 Å². The summed E-state index contributed by atoms with van der Waals surface area (Å²) in [5, 5.41) is 23.1. The van der Waals surface area contributed by atoms with Crippen molar-refractivity contribution in [3.63, 3.8) is 0 Å². The van der Waals surface area contributed by atoms with Gasteiger partial charge >= 0.3 is 0 Å². The van der Waals surface area contributed by atoms with E-state index in [-0.39, 0.29) is 6.10 Å². The first-order valence-corrected chi connectivity index (χ1v) is 11.0. The predicted octanol–water partition coefficient (Wildman–Crippen LogP) is 3.97. The highest BCUT2D eigenvalue weighted by molar-refractivity contribution is 7.22. The van der Waals surface area contributed by atoms with E-state index >= 15 is 0 Å². The van der Waals surface area contributed by atoms with Crippen molar-refractivity contribution in [1.82, 2.24) is 14.9 Å². The highest BCUT2D eigenvalue weighted by atomic mass is 35.5. The summed E-state index contributed by atoms with van der Waals surface area (Å²) < 4.78 is 0.766. The van der Waals surface area contributed by atoms with Crippen LogP contribution in [0.1, 0.15) is 5.56 Å². The molecule has 3 aromatic rings. The van der Waals surface area contributed by atoms with Crippen LogP contribution in [0.5, 0.6) is 0 Å². The lowest BCUT2D eigenvalue weighted by atomic mass is 10.1. The third-order valence-corrected chi connectivity index (χ3v) is 6.41. The van der Waals surface area contributed by atoms with Gasteiger partial charge in [0.1, 0.15) is 10.8 Å². The number of aliphatic hydroxyl groups excluding tert-OH is 1. The van der Waals surface area contributed by atoms with Crippen molar-refractivity contribution in [3.8, 4) is 16.6 Å². The van der Waals surface area contributed by atoms with Crippen LogP contribution in [0.2, 0.25) is 10.0 Å². The molecule has 1 aliphatic heterocycles. The first kappa shape index (κ1) is 22.0. The zero-order valence-electron chi connectivity index (χ0n) is 16.6. The molecule has 32 heavy (non-hydrogen) atoms. The number of nitrogens with one attached hydrogen (secondary N) is 1. The molecule has 1 saturated heterocycles. The van der Waals surface area contributed by atoms with E-state index in [1.165, 1.54) is 17.7 Å². The van der Waals surface area contributed by atoms with Crippen LogP contribution in [0.4, 0.5) is 5.82 Å². The quantitative estimate of drug-likeness (QED) is 0.274. The zero-order valence-corrected chi connectivity index (χ0v) is 18.9. The van der Waals surface area contributed by atoms with Gasteiger partial charge in [0.25, 0.3) is 0 Å². The summed E-state index contributed by atoms with van der Waals surface area (Å²) in [5.41, 5.74) is 7.83. The highest BCUT2D eigenvalue weighted by Crippen LogP contribution is 2.41. The number of β-amino-alcohol motifs (C(OH)–C–C–N with tert-alkyl or cyclic N) is 1. The topological polar surface area (TPSA) is 123 Å². The van der Waals surface area contributed by atoms with Crippen molar-refractivity contribution in [1.29, 1.82) is 5.26 Å². The Kier molecular flexibility index (Phi) is 6.30. The Morgan fingerprint density at radius 3 is 2.75 bits per heavy atom. The van der Waals surface area contributed by atoms with E-state index in [0.29, 0.717) is 62.1 Å². The molecule has 0 unspecified atom stereocenters. The number of aliphatic hydroxyl groups is 1. The lowest BCUT2D eigenvalue weighted by Gasteiger charge is -2.38. The molecule has 0 bridgehead atoms. The van der Waals surface area contributed by atoms with E-state index in [4.69, 9.17) is 34.2 Å². The van der Waals surface area contributed by atoms with Crippen LogP contribution in [0.25, 0.3) is 20.8 Å². The molecular weight excluding hydrogens is 469 g/mol. The molecule has 4 N–H and O–H groups in total. The number of aliphatic imine (C=N–C) groups is 1. The molecule has 0 radical (unpaired) electrons. The van der Waals surface area contributed by atoms with Crippen LogP contribution < -0.4 is 11.1 Å². The van der Waals surface area contributed by atoms with Gasteiger partial charge in [-0.15, -0.1) is 11.3 Å². The predicted molar refractivity (Wildman–Crippen MR) is 129 cm³/mol. The Morgan fingerprint density at radius 1 is 1.41 bits per heavy atom. The summed E-state index contributed by atoms with van der Waals surface area (Å²) >= 11 is 14.1. The first-order valence-electron chi connectivity index (χ1n) is 9.39. The molecule has 3 heterocycles. The maximum absolute atomic E-state index is 9.50. The molecule has 0 spiro atoms. The molecule has 11 heteroatoms. The maximum Gasteiger partial charge on any atom is 0.151 e. The van der Waals surface area contributed by atoms with Gasteiger partial charge in [-0.3, -0.25) is 0 Å². The molecule has 1 aromatic carbocycles. The van der Waals surface area contributed by atoms with Gasteiger partial charge in [0.15, 0.2) is 5.82 Å². The van der Waals surface area contributed by atoms with Crippen molar-refractivity contribution >= 4 is 56.9 Å². The number of thiazole rings is 1. The molecule has 162 valence electrons. The Labute approximate surface area is 197 Å².